The summed E-state index contributed by atoms with van der Waals surface area (Å²) in [4.78, 5) is 14.2. The van der Waals surface area contributed by atoms with Gasteiger partial charge in [-0.15, -0.1) is 0 Å². The molecule has 0 unspecified atom stereocenters. The third-order valence-corrected chi connectivity index (χ3v) is 4.73. The minimum absolute atomic E-state index is 0.141. The lowest BCUT2D eigenvalue weighted by Crippen LogP contribution is -2.34. The van der Waals surface area contributed by atoms with Crippen molar-refractivity contribution in [1.82, 2.24) is 9.47 Å². The van der Waals surface area contributed by atoms with Gasteiger partial charge in [0.15, 0.2) is 5.75 Å². The van der Waals surface area contributed by atoms with Crippen LogP contribution in [0.15, 0.2) is 10.9 Å². The lowest BCUT2D eigenvalue weighted by molar-refractivity contribution is 0.177. The molecule has 0 aromatic carbocycles. The van der Waals surface area contributed by atoms with Crippen molar-refractivity contribution in [1.29, 1.82) is 0 Å². The quantitative estimate of drug-likeness (QED) is 0.885. The van der Waals surface area contributed by atoms with Crippen LogP contribution in [0.2, 0.25) is 0 Å². The summed E-state index contributed by atoms with van der Waals surface area (Å²) in [6.07, 6.45) is 4.43. The van der Waals surface area contributed by atoms with Crippen LogP contribution in [-0.4, -0.2) is 32.8 Å². The third-order valence-electron chi connectivity index (χ3n) is 4.73. The van der Waals surface area contributed by atoms with Gasteiger partial charge in [-0.25, -0.2) is 0 Å². The van der Waals surface area contributed by atoms with Gasteiger partial charge in [0.1, 0.15) is 0 Å². The Morgan fingerprint density at radius 2 is 1.90 bits per heavy atom. The van der Waals surface area contributed by atoms with E-state index in [1.165, 1.54) is 6.07 Å². The van der Waals surface area contributed by atoms with E-state index in [-0.39, 0.29) is 17.8 Å². The molecule has 21 heavy (non-hydrogen) atoms. The third kappa shape index (κ3) is 2.99. The Labute approximate surface area is 124 Å². The lowest BCUT2D eigenvalue weighted by Gasteiger charge is -2.31. The van der Waals surface area contributed by atoms with Crippen LogP contribution in [0.5, 0.6) is 5.75 Å². The Balaban J connectivity index is 1.92. The molecule has 1 aromatic heterocycles. The standard InChI is InChI=1S/C16H24N2O3/c1-11-4-6-17(7-5-11)9-14-16(21)15(20)8-13(10-19)18(14)12-2-3-12/h8,11-12,19,21H,2-7,9-10H2,1H3. The molecule has 5 heteroatoms. The van der Waals surface area contributed by atoms with Crippen molar-refractivity contribution >= 4 is 0 Å². The largest absolute Gasteiger partial charge is 0.503 e. The van der Waals surface area contributed by atoms with E-state index >= 15 is 0 Å². The molecule has 0 spiro atoms. The summed E-state index contributed by atoms with van der Waals surface area (Å²) in [6, 6.07) is 1.70. The molecule has 0 amide bonds. The topological polar surface area (TPSA) is 65.7 Å². The number of piperidine rings is 1. The molecule has 1 aliphatic heterocycles. The fraction of sp³-hybridized carbons (Fsp3) is 0.688. The molecule has 2 heterocycles. The first-order chi connectivity index (χ1) is 10.1. The smallest absolute Gasteiger partial charge is 0.223 e. The second kappa shape index (κ2) is 5.81. The SMILES string of the molecule is CC1CCN(Cc2c(O)c(=O)cc(CO)n2C2CC2)CC1. The number of likely N-dealkylation sites (tertiary alicyclic amines) is 1. The van der Waals surface area contributed by atoms with Crippen molar-refractivity contribution in [3.8, 4) is 5.75 Å². The molecule has 0 bridgehead atoms. The molecule has 1 saturated heterocycles. The van der Waals surface area contributed by atoms with Crippen LogP contribution in [0.3, 0.4) is 0 Å². The molecule has 0 atom stereocenters. The predicted molar refractivity (Wildman–Crippen MR) is 80.2 cm³/mol. The summed E-state index contributed by atoms with van der Waals surface area (Å²) < 4.78 is 1.99. The molecular formula is C16H24N2O3. The summed E-state index contributed by atoms with van der Waals surface area (Å²) in [7, 11) is 0. The molecule has 1 aliphatic carbocycles. The predicted octanol–water partition coefficient (Wildman–Crippen LogP) is 1.61. The number of hydrogen-bond acceptors (Lipinski definition) is 4. The zero-order valence-corrected chi connectivity index (χ0v) is 12.6. The molecule has 5 nitrogen and oxygen atoms in total. The highest BCUT2D eigenvalue weighted by atomic mass is 16.3. The van der Waals surface area contributed by atoms with E-state index < -0.39 is 0 Å². The van der Waals surface area contributed by atoms with Gasteiger partial charge < -0.3 is 14.8 Å². The van der Waals surface area contributed by atoms with Crippen LogP contribution in [0, 0.1) is 5.92 Å². The van der Waals surface area contributed by atoms with Gasteiger partial charge in [-0.05, 0) is 44.7 Å². The first-order valence-corrected chi connectivity index (χ1v) is 7.89. The van der Waals surface area contributed by atoms with E-state index in [4.69, 9.17) is 0 Å². The second-order valence-electron chi connectivity index (χ2n) is 6.51. The van der Waals surface area contributed by atoms with E-state index in [0.717, 1.165) is 44.7 Å². The number of rotatable bonds is 4. The summed E-state index contributed by atoms with van der Waals surface area (Å²) in [5.74, 6) is 0.613. The highest BCUT2D eigenvalue weighted by molar-refractivity contribution is 5.31. The Morgan fingerprint density at radius 3 is 2.48 bits per heavy atom. The van der Waals surface area contributed by atoms with Gasteiger partial charge in [0, 0.05) is 24.3 Å². The van der Waals surface area contributed by atoms with E-state index in [0.29, 0.717) is 24.0 Å². The minimum Gasteiger partial charge on any atom is -0.503 e. The summed E-state index contributed by atoms with van der Waals surface area (Å²) >= 11 is 0. The Morgan fingerprint density at radius 1 is 1.24 bits per heavy atom. The highest BCUT2D eigenvalue weighted by Gasteiger charge is 2.30. The van der Waals surface area contributed by atoms with Gasteiger partial charge in [-0.1, -0.05) is 6.92 Å². The maximum absolute atomic E-state index is 11.9. The van der Waals surface area contributed by atoms with Gasteiger partial charge in [0.2, 0.25) is 5.43 Å². The van der Waals surface area contributed by atoms with Crippen LogP contribution < -0.4 is 5.43 Å². The van der Waals surface area contributed by atoms with Gasteiger partial charge in [0.25, 0.3) is 0 Å². The molecule has 2 aliphatic rings. The average Bonchev–Trinajstić information content (AvgIpc) is 3.30. The Hall–Kier alpha value is -1.33. The van der Waals surface area contributed by atoms with E-state index in [1.807, 2.05) is 4.57 Å². The van der Waals surface area contributed by atoms with Crippen LogP contribution in [0.4, 0.5) is 0 Å². The van der Waals surface area contributed by atoms with Crippen LogP contribution in [-0.2, 0) is 13.2 Å². The number of pyridine rings is 1. The highest BCUT2D eigenvalue weighted by Crippen LogP contribution is 2.38. The summed E-state index contributed by atoms with van der Waals surface area (Å²) in [5.41, 5.74) is 0.931. The van der Waals surface area contributed by atoms with Crippen LogP contribution >= 0.6 is 0 Å². The van der Waals surface area contributed by atoms with Gasteiger partial charge in [-0.2, -0.15) is 0 Å². The van der Waals surface area contributed by atoms with Crippen molar-refractivity contribution in [3.63, 3.8) is 0 Å². The van der Waals surface area contributed by atoms with Crippen molar-refractivity contribution in [3.05, 3.63) is 27.7 Å². The van der Waals surface area contributed by atoms with E-state index in [9.17, 15) is 15.0 Å². The van der Waals surface area contributed by atoms with E-state index in [1.54, 1.807) is 0 Å². The van der Waals surface area contributed by atoms with Crippen molar-refractivity contribution in [2.24, 2.45) is 5.92 Å². The number of aliphatic hydroxyl groups excluding tert-OH is 1. The van der Waals surface area contributed by atoms with Crippen molar-refractivity contribution in [2.45, 2.75) is 51.8 Å². The average molecular weight is 292 g/mol. The molecule has 2 N–H and O–H groups in total. The first-order valence-electron chi connectivity index (χ1n) is 7.89. The lowest BCUT2D eigenvalue weighted by atomic mass is 9.99. The number of aliphatic hydroxyl groups is 1. The Kier molecular flexibility index (Phi) is 4.04. The number of nitrogens with zero attached hydrogens (tertiary/aromatic N) is 2. The fourth-order valence-electron chi connectivity index (χ4n) is 3.21. The minimum atomic E-state index is -0.378. The van der Waals surface area contributed by atoms with Gasteiger partial charge in [0.05, 0.1) is 12.3 Å². The summed E-state index contributed by atoms with van der Waals surface area (Å²) in [6.45, 7) is 4.71. The summed E-state index contributed by atoms with van der Waals surface area (Å²) in [5, 5.41) is 19.7. The van der Waals surface area contributed by atoms with Crippen molar-refractivity contribution in [2.75, 3.05) is 13.1 Å². The first kappa shape index (κ1) is 14.6. The zero-order valence-electron chi connectivity index (χ0n) is 12.6. The molecule has 1 aromatic rings. The molecule has 3 rings (SSSR count). The normalized spacial score (nSPS) is 20.9. The van der Waals surface area contributed by atoms with Gasteiger partial charge >= 0.3 is 0 Å². The van der Waals surface area contributed by atoms with E-state index in [2.05, 4.69) is 11.8 Å². The molecule has 2 fully saturated rings. The van der Waals surface area contributed by atoms with Crippen LogP contribution in [0.25, 0.3) is 0 Å². The number of aromatic nitrogens is 1. The molecule has 1 saturated carbocycles. The fourth-order valence-corrected chi connectivity index (χ4v) is 3.21. The van der Waals surface area contributed by atoms with Crippen molar-refractivity contribution < 1.29 is 10.2 Å². The molecule has 0 radical (unpaired) electrons. The number of aromatic hydroxyl groups is 1. The van der Waals surface area contributed by atoms with Crippen LogP contribution in [0.1, 0.15) is 50.0 Å². The van der Waals surface area contributed by atoms with Gasteiger partial charge in [-0.3, -0.25) is 9.69 Å². The molecule has 116 valence electrons. The maximum Gasteiger partial charge on any atom is 0.223 e. The Bertz CT molecular complexity index is 570. The zero-order chi connectivity index (χ0) is 15.0. The number of hydrogen-bond donors (Lipinski definition) is 2. The molecular weight excluding hydrogens is 268 g/mol. The maximum atomic E-state index is 11.9. The second-order valence-corrected chi connectivity index (χ2v) is 6.51. The monoisotopic (exact) mass is 292 g/mol.